The Kier molecular flexibility index (Phi) is 4.03. The highest BCUT2D eigenvalue weighted by atomic mass is 16.4. The van der Waals surface area contributed by atoms with Crippen molar-refractivity contribution >= 4 is 5.97 Å². The van der Waals surface area contributed by atoms with E-state index in [0.717, 1.165) is 12.8 Å². The van der Waals surface area contributed by atoms with Gasteiger partial charge in [0, 0.05) is 0 Å². The Morgan fingerprint density at radius 3 is 2.50 bits per heavy atom. The minimum atomic E-state index is -0.902. The number of carbonyl (C=O) groups is 1. The predicted molar refractivity (Wildman–Crippen MR) is 39.7 cm³/mol. The van der Waals surface area contributed by atoms with Gasteiger partial charge in [-0.1, -0.05) is 20.3 Å². The van der Waals surface area contributed by atoms with Gasteiger partial charge >= 0.3 is 5.97 Å². The molecule has 0 amide bonds. The molecule has 0 aliphatic carbocycles. The molecular formula is C7H15NO2. The highest BCUT2D eigenvalue weighted by Crippen LogP contribution is 2.08. The fourth-order valence-electron chi connectivity index (χ4n) is 0.878. The van der Waals surface area contributed by atoms with E-state index in [9.17, 15) is 4.79 Å². The molecule has 10 heavy (non-hydrogen) atoms. The molecule has 0 unspecified atom stereocenters. The van der Waals surface area contributed by atoms with Gasteiger partial charge in [-0.15, -0.1) is 0 Å². The lowest BCUT2D eigenvalue weighted by Gasteiger charge is -2.13. The fourth-order valence-corrected chi connectivity index (χ4v) is 0.878. The van der Waals surface area contributed by atoms with Crippen molar-refractivity contribution in [2.75, 3.05) is 0 Å². The first-order valence-corrected chi connectivity index (χ1v) is 3.58. The summed E-state index contributed by atoms with van der Waals surface area (Å²) in [6.45, 7) is 3.88. The molecule has 0 radical (unpaired) electrons. The molecule has 0 aromatic rings. The molecule has 0 saturated carbocycles. The van der Waals surface area contributed by atoms with Crippen molar-refractivity contribution in [3.63, 3.8) is 0 Å². The third-order valence-electron chi connectivity index (χ3n) is 1.64. The van der Waals surface area contributed by atoms with Gasteiger partial charge in [-0.3, -0.25) is 4.79 Å². The molecule has 0 spiro atoms. The van der Waals surface area contributed by atoms with E-state index in [4.69, 9.17) is 10.8 Å². The second-order valence-corrected chi connectivity index (χ2v) is 2.63. The maximum atomic E-state index is 10.3. The van der Waals surface area contributed by atoms with E-state index in [1.165, 1.54) is 0 Å². The van der Waals surface area contributed by atoms with E-state index in [2.05, 4.69) is 0 Å². The van der Waals surface area contributed by atoms with Crippen molar-refractivity contribution in [2.24, 2.45) is 11.7 Å². The molecule has 3 nitrogen and oxygen atoms in total. The molecule has 0 aromatic heterocycles. The molecule has 0 aliphatic heterocycles. The van der Waals surface area contributed by atoms with Crippen LogP contribution in [0, 0.1) is 5.92 Å². The Morgan fingerprint density at radius 1 is 1.70 bits per heavy atom. The summed E-state index contributed by atoms with van der Waals surface area (Å²) in [5, 5.41) is 8.45. The van der Waals surface area contributed by atoms with Gasteiger partial charge in [0.25, 0.3) is 0 Å². The van der Waals surface area contributed by atoms with Crippen LogP contribution in [0.3, 0.4) is 0 Å². The van der Waals surface area contributed by atoms with Gasteiger partial charge in [0.1, 0.15) is 6.04 Å². The number of nitrogens with two attached hydrogens (primary N) is 1. The van der Waals surface area contributed by atoms with Crippen LogP contribution in [0.25, 0.3) is 0 Å². The van der Waals surface area contributed by atoms with Crippen LogP contribution in [0.2, 0.25) is 0 Å². The van der Waals surface area contributed by atoms with E-state index < -0.39 is 12.0 Å². The molecular weight excluding hydrogens is 130 g/mol. The normalized spacial score (nSPS) is 16.3. The second kappa shape index (κ2) is 4.28. The lowest BCUT2D eigenvalue weighted by Crippen LogP contribution is -2.36. The lowest BCUT2D eigenvalue weighted by atomic mass is 9.98. The fraction of sp³-hybridized carbons (Fsp3) is 0.857. The number of aliphatic carboxylic acids is 1. The zero-order chi connectivity index (χ0) is 8.15. The van der Waals surface area contributed by atoms with Gasteiger partial charge in [0.15, 0.2) is 0 Å². The number of hydrogen-bond acceptors (Lipinski definition) is 2. The summed E-state index contributed by atoms with van der Waals surface area (Å²) >= 11 is 0. The number of rotatable bonds is 4. The van der Waals surface area contributed by atoms with Crippen LogP contribution in [-0.2, 0) is 4.79 Å². The third-order valence-corrected chi connectivity index (χ3v) is 1.64. The summed E-state index contributed by atoms with van der Waals surface area (Å²) in [5.41, 5.74) is 5.35. The molecule has 60 valence electrons. The van der Waals surface area contributed by atoms with Crippen LogP contribution in [0.1, 0.15) is 26.7 Å². The Hall–Kier alpha value is -0.570. The average Bonchev–Trinajstić information content (AvgIpc) is 1.87. The van der Waals surface area contributed by atoms with Crippen molar-refractivity contribution in [3.8, 4) is 0 Å². The molecule has 0 saturated heterocycles. The quantitative estimate of drug-likeness (QED) is 0.616. The molecule has 0 aliphatic rings. The van der Waals surface area contributed by atoms with Crippen molar-refractivity contribution in [2.45, 2.75) is 32.7 Å². The maximum absolute atomic E-state index is 10.3. The summed E-state index contributed by atoms with van der Waals surface area (Å²) < 4.78 is 0. The monoisotopic (exact) mass is 145 g/mol. The lowest BCUT2D eigenvalue weighted by molar-refractivity contribution is -0.139. The van der Waals surface area contributed by atoms with E-state index in [1.54, 1.807) is 0 Å². The van der Waals surface area contributed by atoms with Crippen LogP contribution >= 0.6 is 0 Å². The van der Waals surface area contributed by atoms with Crippen LogP contribution < -0.4 is 5.73 Å². The molecule has 0 heterocycles. The standard InChI is InChI=1S/C7H15NO2/c1-3-4-5(2)6(8)7(9)10/h5-6H,3-4,8H2,1-2H3,(H,9,10)/t5-,6+/m1/s1. The van der Waals surface area contributed by atoms with Gasteiger partial charge in [0.05, 0.1) is 0 Å². The predicted octanol–water partition coefficient (Wildman–Crippen LogP) is 0.834. The van der Waals surface area contributed by atoms with Gasteiger partial charge in [-0.2, -0.15) is 0 Å². The van der Waals surface area contributed by atoms with Gasteiger partial charge in [-0.05, 0) is 12.3 Å². The van der Waals surface area contributed by atoms with Crippen LogP contribution in [0.5, 0.6) is 0 Å². The maximum Gasteiger partial charge on any atom is 0.320 e. The molecule has 0 fully saturated rings. The Labute approximate surface area is 61.2 Å². The Balaban J connectivity index is 3.69. The van der Waals surface area contributed by atoms with Crippen LogP contribution in [-0.4, -0.2) is 17.1 Å². The summed E-state index contributed by atoms with van der Waals surface area (Å²) in [6.07, 6.45) is 1.87. The minimum Gasteiger partial charge on any atom is -0.480 e. The minimum absolute atomic E-state index is 0.0856. The summed E-state index contributed by atoms with van der Waals surface area (Å²) in [4.78, 5) is 10.3. The largest absolute Gasteiger partial charge is 0.480 e. The molecule has 3 N–H and O–H groups in total. The van der Waals surface area contributed by atoms with Gasteiger partial charge < -0.3 is 10.8 Å². The molecule has 0 rings (SSSR count). The highest BCUT2D eigenvalue weighted by Gasteiger charge is 2.18. The smallest absolute Gasteiger partial charge is 0.320 e. The molecule has 0 bridgehead atoms. The van der Waals surface area contributed by atoms with Crippen molar-refractivity contribution in [3.05, 3.63) is 0 Å². The van der Waals surface area contributed by atoms with Crippen LogP contribution in [0.15, 0.2) is 0 Å². The summed E-state index contributed by atoms with van der Waals surface area (Å²) in [6, 6.07) is -0.694. The van der Waals surface area contributed by atoms with Gasteiger partial charge in [0.2, 0.25) is 0 Å². The zero-order valence-corrected chi connectivity index (χ0v) is 6.50. The van der Waals surface area contributed by atoms with E-state index in [1.807, 2.05) is 13.8 Å². The average molecular weight is 145 g/mol. The van der Waals surface area contributed by atoms with Gasteiger partial charge in [-0.25, -0.2) is 0 Å². The number of carboxylic acids is 1. The second-order valence-electron chi connectivity index (χ2n) is 2.63. The molecule has 2 atom stereocenters. The van der Waals surface area contributed by atoms with E-state index in [-0.39, 0.29) is 5.92 Å². The summed E-state index contributed by atoms with van der Waals surface area (Å²) in [7, 11) is 0. The third kappa shape index (κ3) is 2.82. The zero-order valence-electron chi connectivity index (χ0n) is 6.50. The number of hydrogen-bond donors (Lipinski definition) is 2. The van der Waals surface area contributed by atoms with Crippen molar-refractivity contribution in [1.82, 2.24) is 0 Å². The molecule has 3 heteroatoms. The Morgan fingerprint density at radius 2 is 2.20 bits per heavy atom. The van der Waals surface area contributed by atoms with Crippen molar-refractivity contribution in [1.29, 1.82) is 0 Å². The van der Waals surface area contributed by atoms with E-state index in [0.29, 0.717) is 0 Å². The topological polar surface area (TPSA) is 63.3 Å². The SMILES string of the molecule is CCC[C@@H](C)[C@H](N)C(=O)O. The Bertz CT molecular complexity index is 114. The van der Waals surface area contributed by atoms with Crippen molar-refractivity contribution < 1.29 is 9.90 Å². The first-order valence-electron chi connectivity index (χ1n) is 3.58. The molecule has 0 aromatic carbocycles. The summed E-state index contributed by atoms with van der Waals surface area (Å²) in [5.74, 6) is -0.816. The first-order chi connectivity index (χ1) is 4.59. The number of carboxylic acid groups (broad SMARTS) is 1. The van der Waals surface area contributed by atoms with E-state index >= 15 is 0 Å². The first kappa shape index (κ1) is 9.43. The highest BCUT2D eigenvalue weighted by molar-refractivity contribution is 5.73. The van der Waals surface area contributed by atoms with Crippen LogP contribution in [0.4, 0.5) is 0 Å².